The van der Waals surface area contributed by atoms with Gasteiger partial charge >= 0.3 is 5.97 Å². The van der Waals surface area contributed by atoms with Gasteiger partial charge in [0, 0.05) is 18.8 Å². The second-order valence-electron chi connectivity index (χ2n) is 8.82. The molecule has 0 aliphatic carbocycles. The fourth-order valence-corrected chi connectivity index (χ4v) is 4.80. The van der Waals surface area contributed by atoms with Crippen LogP contribution >= 0.6 is 0 Å². The van der Waals surface area contributed by atoms with Crippen molar-refractivity contribution in [3.05, 3.63) is 96.1 Å². The molecule has 7 heteroatoms. The molecule has 1 amide bonds. The highest BCUT2D eigenvalue weighted by Gasteiger charge is 2.41. The van der Waals surface area contributed by atoms with Crippen LogP contribution in [0, 0.1) is 0 Å². The van der Waals surface area contributed by atoms with E-state index in [1.807, 2.05) is 89.8 Å². The molecule has 0 unspecified atom stereocenters. The van der Waals surface area contributed by atoms with E-state index in [0.29, 0.717) is 25.9 Å². The van der Waals surface area contributed by atoms with Gasteiger partial charge in [-0.15, -0.1) is 0 Å². The van der Waals surface area contributed by atoms with Crippen molar-refractivity contribution in [1.82, 2.24) is 4.90 Å². The van der Waals surface area contributed by atoms with Gasteiger partial charge in [-0.3, -0.25) is 4.79 Å². The third kappa shape index (κ3) is 5.52. The summed E-state index contributed by atoms with van der Waals surface area (Å²) in [6.45, 7) is 0.847. The van der Waals surface area contributed by atoms with Crippen molar-refractivity contribution in [2.24, 2.45) is 0 Å². The van der Waals surface area contributed by atoms with Crippen molar-refractivity contribution < 1.29 is 24.2 Å². The number of benzene rings is 3. The third-order valence-electron chi connectivity index (χ3n) is 6.64. The van der Waals surface area contributed by atoms with E-state index in [4.69, 9.17) is 9.47 Å². The standard InChI is InChI=1S/C29H32N2O5/c1-35-24-17-15-21(16-18-24)20-31(23-12-7-4-8-13-23)26(22-10-5-3-6-11-22)27(32)28(33)30-19-9-14-25(30)29(34)36-2/h3-8,10-13,15-18,25-27,32H,9,14,19-20H2,1-2H3/t25-,26-,27-/m1/s1. The average Bonchev–Trinajstić information content (AvgIpc) is 3.43. The van der Waals surface area contributed by atoms with Gasteiger partial charge in [0.15, 0.2) is 6.10 Å². The Morgan fingerprint density at radius 2 is 1.61 bits per heavy atom. The molecular weight excluding hydrogens is 456 g/mol. The Morgan fingerprint density at radius 3 is 2.22 bits per heavy atom. The van der Waals surface area contributed by atoms with Crippen LogP contribution in [0.4, 0.5) is 5.69 Å². The van der Waals surface area contributed by atoms with Crippen molar-refractivity contribution >= 4 is 17.6 Å². The van der Waals surface area contributed by atoms with E-state index in [0.717, 1.165) is 22.6 Å². The first kappa shape index (κ1) is 25.3. The molecule has 1 aliphatic heterocycles. The van der Waals surface area contributed by atoms with Crippen LogP contribution < -0.4 is 9.64 Å². The van der Waals surface area contributed by atoms with E-state index < -0.39 is 30.1 Å². The second kappa shape index (κ2) is 11.7. The molecule has 7 nitrogen and oxygen atoms in total. The van der Waals surface area contributed by atoms with Gasteiger partial charge in [-0.25, -0.2) is 4.79 Å². The predicted molar refractivity (Wildman–Crippen MR) is 138 cm³/mol. The third-order valence-corrected chi connectivity index (χ3v) is 6.64. The normalized spacial score (nSPS) is 16.8. The number of anilines is 1. The highest BCUT2D eigenvalue weighted by Crippen LogP contribution is 2.34. The van der Waals surface area contributed by atoms with Crippen molar-refractivity contribution in [2.45, 2.75) is 37.6 Å². The number of nitrogens with zero attached hydrogens (tertiary/aromatic N) is 2. The lowest BCUT2D eigenvalue weighted by atomic mass is 9.96. The fourth-order valence-electron chi connectivity index (χ4n) is 4.80. The molecule has 1 N–H and O–H groups in total. The molecule has 0 aromatic heterocycles. The minimum atomic E-state index is -1.41. The number of hydrogen-bond acceptors (Lipinski definition) is 6. The number of esters is 1. The monoisotopic (exact) mass is 488 g/mol. The summed E-state index contributed by atoms with van der Waals surface area (Å²) in [6.07, 6.45) is -0.200. The quantitative estimate of drug-likeness (QED) is 0.459. The van der Waals surface area contributed by atoms with Crippen LogP contribution in [0.2, 0.25) is 0 Å². The van der Waals surface area contributed by atoms with Crippen molar-refractivity contribution in [3.63, 3.8) is 0 Å². The number of hydrogen-bond donors (Lipinski definition) is 1. The number of aliphatic hydroxyl groups excluding tert-OH is 1. The molecule has 1 heterocycles. The van der Waals surface area contributed by atoms with E-state index >= 15 is 0 Å². The second-order valence-corrected chi connectivity index (χ2v) is 8.82. The first-order valence-corrected chi connectivity index (χ1v) is 12.1. The highest BCUT2D eigenvalue weighted by atomic mass is 16.5. The molecule has 0 spiro atoms. The van der Waals surface area contributed by atoms with E-state index in [2.05, 4.69) is 0 Å². The van der Waals surface area contributed by atoms with Crippen LogP contribution in [0.3, 0.4) is 0 Å². The lowest BCUT2D eigenvalue weighted by molar-refractivity contribution is -0.154. The summed E-state index contributed by atoms with van der Waals surface area (Å²) >= 11 is 0. The maximum Gasteiger partial charge on any atom is 0.328 e. The number of carbonyl (C=O) groups is 2. The summed E-state index contributed by atoms with van der Waals surface area (Å²) in [5.41, 5.74) is 2.65. The van der Waals surface area contributed by atoms with Gasteiger partial charge in [-0.1, -0.05) is 60.7 Å². The first-order valence-electron chi connectivity index (χ1n) is 12.1. The summed E-state index contributed by atoms with van der Waals surface area (Å²) in [5.74, 6) is -0.183. The van der Waals surface area contributed by atoms with Gasteiger partial charge < -0.3 is 24.4 Å². The Labute approximate surface area is 211 Å². The van der Waals surface area contributed by atoms with Crippen molar-refractivity contribution in [1.29, 1.82) is 0 Å². The summed E-state index contributed by atoms with van der Waals surface area (Å²) in [5, 5.41) is 11.7. The van der Waals surface area contributed by atoms with Gasteiger partial charge in [-0.05, 0) is 48.2 Å². The summed E-state index contributed by atoms with van der Waals surface area (Å²) in [6, 6.07) is 25.6. The van der Waals surface area contributed by atoms with Crippen LogP contribution in [0.25, 0.3) is 0 Å². The van der Waals surface area contributed by atoms with Crippen LogP contribution in [0.1, 0.15) is 30.0 Å². The minimum Gasteiger partial charge on any atom is -0.497 e. The maximum absolute atomic E-state index is 13.7. The van der Waals surface area contributed by atoms with Crippen LogP contribution in [0.5, 0.6) is 5.75 Å². The molecule has 36 heavy (non-hydrogen) atoms. The van der Waals surface area contributed by atoms with Crippen LogP contribution in [0.15, 0.2) is 84.9 Å². The molecular formula is C29H32N2O5. The largest absolute Gasteiger partial charge is 0.497 e. The van der Waals surface area contributed by atoms with Crippen LogP contribution in [-0.2, 0) is 20.9 Å². The zero-order valence-corrected chi connectivity index (χ0v) is 20.6. The van der Waals surface area contributed by atoms with E-state index in [1.165, 1.54) is 12.0 Å². The molecule has 3 aromatic carbocycles. The molecule has 0 radical (unpaired) electrons. The Hall–Kier alpha value is -3.84. The number of methoxy groups -OCH3 is 2. The smallest absolute Gasteiger partial charge is 0.328 e. The number of amides is 1. The SMILES string of the molecule is COC(=O)[C@H]1CCCN1C(=O)[C@H](O)[C@@H](c1ccccc1)N(Cc1ccc(OC)cc1)c1ccccc1. The van der Waals surface area contributed by atoms with E-state index in [9.17, 15) is 14.7 Å². The highest BCUT2D eigenvalue weighted by molar-refractivity contribution is 5.88. The molecule has 1 fully saturated rings. The van der Waals surface area contributed by atoms with Gasteiger partial charge in [0.25, 0.3) is 5.91 Å². The number of rotatable bonds is 9. The molecule has 1 saturated heterocycles. The van der Waals surface area contributed by atoms with Gasteiger partial charge in [0.1, 0.15) is 11.8 Å². The number of aliphatic hydroxyl groups is 1. The zero-order chi connectivity index (χ0) is 25.5. The average molecular weight is 489 g/mol. The Bertz CT molecular complexity index is 1140. The van der Waals surface area contributed by atoms with E-state index in [1.54, 1.807) is 7.11 Å². The molecule has 4 rings (SSSR count). The molecule has 0 saturated carbocycles. The van der Waals surface area contributed by atoms with Crippen LogP contribution in [-0.4, -0.2) is 54.8 Å². The number of carbonyl (C=O) groups excluding carboxylic acids is 2. The molecule has 1 aliphatic rings. The Balaban J connectivity index is 1.74. The van der Waals surface area contributed by atoms with Gasteiger partial charge in [0.2, 0.25) is 0 Å². The topological polar surface area (TPSA) is 79.3 Å². The molecule has 188 valence electrons. The minimum absolute atomic E-state index is 0.404. The van der Waals surface area contributed by atoms with Gasteiger partial charge in [0.05, 0.1) is 20.3 Å². The molecule has 3 aromatic rings. The van der Waals surface area contributed by atoms with Crippen molar-refractivity contribution in [2.75, 3.05) is 25.7 Å². The molecule has 0 bridgehead atoms. The summed E-state index contributed by atoms with van der Waals surface area (Å²) in [7, 11) is 2.94. The Kier molecular flexibility index (Phi) is 8.23. The fraction of sp³-hybridized carbons (Fsp3) is 0.310. The lowest BCUT2D eigenvalue weighted by Gasteiger charge is -2.38. The predicted octanol–water partition coefficient (Wildman–Crippen LogP) is 3.97. The van der Waals surface area contributed by atoms with E-state index in [-0.39, 0.29) is 0 Å². The molecule has 3 atom stereocenters. The first-order chi connectivity index (χ1) is 17.5. The zero-order valence-electron chi connectivity index (χ0n) is 20.6. The Morgan fingerprint density at radius 1 is 0.972 bits per heavy atom. The summed E-state index contributed by atoms with van der Waals surface area (Å²) in [4.78, 5) is 29.5. The number of para-hydroxylation sites is 1. The number of likely N-dealkylation sites (tertiary alicyclic amines) is 1. The maximum atomic E-state index is 13.7. The number of ether oxygens (including phenoxy) is 2. The van der Waals surface area contributed by atoms with Gasteiger partial charge in [-0.2, -0.15) is 0 Å². The summed E-state index contributed by atoms with van der Waals surface area (Å²) < 4.78 is 10.2. The lowest BCUT2D eigenvalue weighted by Crippen LogP contribution is -2.50. The van der Waals surface area contributed by atoms with Crippen molar-refractivity contribution in [3.8, 4) is 5.75 Å².